The van der Waals surface area contributed by atoms with Crippen LogP contribution in [0.25, 0.3) is 0 Å². The standard InChI is InChI=1S/C5H10O2.CH4O/c6-4-5-2-1-3-7-5;1-2/h5-6H,1-4H2;2H,1H3/t5-;/m1./s1. The molecular weight excluding hydrogens is 120 g/mol. The molecule has 0 radical (unpaired) electrons. The Labute approximate surface area is 55.3 Å². The fourth-order valence-corrected chi connectivity index (χ4v) is 0.788. The minimum atomic E-state index is 0.153. The molecule has 0 aromatic carbocycles. The van der Waals surface area contributed by atoms with E-state index >= 15 is 0 Å². The largest absolute Gasteiger partial charge is 0.400 e. The zero-order chi connectivity index (χ0) is 7.11. The van der Waals surface area contributed by atoms with E-state index in [9.17, 15) is 0 Å². The molecule has 0 bridgehead atoms. The third-order valence-electron chi connectivity index (χ3n) is 1.23. The summed E-state index contributed by atoms with van der Waals surface area (Å²) >= 11 is 0. The molecule has 2 N–H and O–H groups in total. The zero-order valence-electron chi connectivity index (χ0n) is 5.71. The van der Waals surface area contributed by atoms with Gasteiger partial charge in [0.2, 0.25) is 0 Å². The Kier molecular flexibility index (Phi) is 5.93. The van der Waals surface area contributed by atoms with E-state index in [1.807, 2.05) is 0 Å². The first-order valence-electron chi connectivity index (χ1n) is 3.10. The molecule has 1 heterocycles. The van der Waals surface area contributed by atoms with Gasteiger partial charge in [0.15, 0.2) is 0 Å². The molecule has 0 aromatic heterocycles. The zero-order valence-corrected chi connectivity index (χ0v) is 5.71. The maximum Gasteiger partial charge on any atom is 0.0806 e. The predicted molar refractivity (Wildman–Crippen MR) is 34.2 cm³/mol. The van der Waals surface area contributed by atoms with E-state index in [1.165, 1.54) is 0 Å². The van der Waals surface area contributed by atoms with Crippen LogP contribution < -0.4 is 0 Å². The van der Waals surface area contributed by atoms with Gasteiger partial charge in [-0.1, -0.05) is 0 Å². The van der Waals surface area contributed by atoms with Crippen molar-refractivity contribution in [3.8, 4) is 0 Å². The van der Waals surface area contributed by atoms with Crippen LogP contribution in [-0.4, -0.2) is 36.6 Å². The molecule has 1 aliphatic rings. The molecular formula is C6H14O3. The van der Waals surface area contributed by atoms with Crippen LogP contribution in [0.5, 0.6) is 0 Å². The Morgan fingerprint density at radius 1 is 1.56 bits per heavy atom. The highest BCUT2D eigenvalue weighted by Crippen LogP contribution is 2.09. The van der Waals surface area contributed by atoms with Crippen LogP contribution in [0.2, 0.25) is 0 Å². The highest BCUT2D eigenvalue weighted by molar-refractivity contribution is 4.61. The molecule has 0 aromatic rings. The molecule has 9 heavy (non-hydrogen) atoms. The van der Waals surface area contributed by atoms with Crippen molar-refractivity contribution in [1.82, 2.24) is 0 Å². The van der Waals surface area contributed by atoms with Gasteiger partial charge in [-0.15, -0.1) is 0 Å². The molecule has 1 fully saturated rings. The van der Waals surface area contributed by atoms with E-state index in [2.05, 4.69) is 0 Å². The van der Waals surface area contributed by atoms with Gasteiger partial charge >= 0.3 is 0 Å². The fraction of sp³-hybridized carbons (Fsp3) is 1.00. The van der Waals surface area contributed by atoms with Crippen molar-refractivity contribution in [3.63, 3.8) is 0 Å². The van der Waals surface area contributed by atoms with E-state index < -0.39 is 0 Å². The molecule has 56 valence electrons. The lowest BCUT2D eigenvalue weighted by Gasteiger charge is -2.00. The highest BCUT2D eigenvalue weighted by atomic mass is 16.5. The van der Waals surface area contributed by atoms with Gasteiger partial charge in [0.25, 0.3) is 0 Å². The van der Waals surface area contributed by atoms with Gasteiger partial charge in [-0.05, 0) is 12.8 Å². The van der Waals surface area contributed by atoms with Crippen LogP contribution >= 0.6 is 0 Å². The summed E-state index contributed by atoms with van der Waals surface area (Å²) in [6.45, 7) is 1.03. The van der Waals surface area contributed by atoms with Crippen LogP contribution in [0.4, 0.5) is 0 Å². The SMILES string of the molecule is CO.OC[C@H]1CCCO1. The molecule has 3 heteroatoms. The smallest absolute Gasteiger partial charge is 0.0806 e. The van der Waals surface area contributed by atoms with Crippen molar-refractivity contribution in [2.45, 2.75) is 18.9 Å². The van der Waals surface area contributed by atoms with Crippen LogP contribution in [0, 0.1) is 0 Å². The molecule has 0 amide bonds. The van der Waals surface area contributed by atoms with Crippen molar-refractivity contribution in [1.29, 1.82) is 0 Å². The van der Waals surface area contributed by atoms with Crippen LogP contribution in [0.15, 0.2) is 0 Å². The van der Waals surface area contributed by atoms with Gasteiger partial charge in [-0.25, -0.2) is 0 Å². The Balaban J connectivity index is 0.000000291. The molecule has 1 aliphatic heterocycles. The molecule has 3 nitrogen and oxygen atoms in total. The second-order valence-corrected chi connectivity index (χ2v) is 1.82. The lowest BCUT2D eigenvalue weighted by molar-refractivity contribution is 0.0591. The quantitative estimate of drug-likeness (QED) is 0.520. The number of hydrogen-bond donors (Lipinski definition) is 2. The number of hydrogen-bond acceptors (Lipinski definition) is 3. The van der Waals surface area contributed by atoms with Gasteiger partial charge < -0.3 is 14.9 Å². The van der Waals surface area contributed by atoms with Crippen molar-refractivity contribution >= 4 is 0 Å². The second-order valence-electron chi connectivity index (χ2n) is 1.82. The van der Waals surface area contributed by atoms with Crippen molar-refractivity contribution < 1.29 is 14.9 Å². The molecule has 1 saturated heterocycles. The first-order valence-corrected chi connectivity index (χ1v) is 3.10. The third kappa shape index (κ3) is 3.46. The average molecular weight is 134 g/mol. The van der Waals surface area contributed by atoms with Crippen LogP contribution in [0.3, 0.4) is 0 Å². The first kappa shape index (κ1) is 8.88. The Morgan fingerprint density at radius 3 is 2.44 bits per heavy atom. The van der Waals surface area contributed by atoms with E-state index in [-0.39, 0.29) is 12.7 Å². The summed E-state index contributed by atoms with van der Waals surface area (Å²) in [6, 6.07) is 0. The van der Waals surface area contributed by atoms with E-state index in [4.69, 9.17) is 14.9 Å². The maximum absolute atomic E-state index is 8.44. The molecule has 0 unspecified atom stereocenters. The Bertz CT molecular complexity index is 50.3. The maximum atomic E-state index is 8.44. The van der Waals surface area contributed by atoms with Crippen LogP contribution in [0.1, 0.15) is 12.8 Å². The Morgan fingerprint density at radius 2 is 2.22 bits per heavy atom. The summed E-state index contributed by atoms with van der Waals surface area (Å²) in [5.41, 5.74) is 0. The summed E-state index contributed by atoms with van der Waals surface area (Å²) in [5, 5.41) is 15.4. The van der Waals surface area contributed by atoms with Gasteiger partial charge in [-0.2, -0.15) is 0 Å². The fourth-order valence-electron chi connectivity index (χ4n) is 0.788. The topological polar surface area (TPSA) is 49.7 Å². The monoisotopic (exact) mass is 134 g/mol. The summed E-state index contributed by atoms with van der Waals surface area (Å²) in [6.07, 6.45) is 2.31. The summed E-state index contributed by atoms with van der Waals surface area (Å²) in [5.74, 6) is 0. The minimum Gasteiger partial charge on any atom is -0.400 e. The molecule has 1 rings (SSSR count). The van der Waals surface area contributed by atoms with Crippen molar-refractivity contribution in [2.24, 2.45) is 0 Å². The summed E-state index contributed by atoms with van der Waals surface area (Å²) in [4.78, 5) is 0. The molecule has 0 spiro atoms. The van der Waals surface area contributed by atoms with E-state index in [0.29, 0.717) is 0 Å². The molecule has 1 atom stereocenters. The second kappa shape index (κ2) is 6.01. The summed E-state index contributed by atoms with van der Waals surface area (Å²) < 4.78 is 5.05. The lowest BCUT2D eigenvalue weighted by Crippen LogP contribution is -2.09. The number of aliphatic hydroxyl groups excluding tert-OH is 2. The lowest BCUT2D eigenvalue weighted by atomic mass is 10.2. The van der Waals surface area contributed by atoms with Crippen molar-refractivity contribution in [3.05, 3.63) is 0 Å². The number of rotatable bonds is 1. The van der Waals surface area contributed by atoms with Crippen molar-refractivity contribution in [2.75, 3.05) is 20.3 Å². The average Bonchev–Trinajstić information content (AvgIpc) is 2.43. The van der Waals surface area contributed by atoms with E-state index in [0.717, 1.165) is 26.6 Å². The molecule has 0 aliphatic carbocycles. The molecule has 0 saturated carbocycles. The van der Waals surface area contributed by atoms with Gasteiger partial charge in [0.05, 0.1) is 12.7 Å². The normalized spacial score (nSPS) is 25.0. The highest BCUT2D eigenvalue weighted by Gasteiger charge is 2.12. The van der Waals surface area contributed by atoms with Crippen LogP contribution in [-0.2, 0) is 4.74 Å². The summed E-state index contributed by atoms with van der Waals surface area (Å²) in [7, 11) is 1.00. The third-order valence-corrected chi connectivity index (χ3v) is 1.23. The van der Waals surface area contributed by atoms with E-state index in [1.54, 1.807) is 0 Å². The minimum absolute atomic E-state index is 0.153. The van der Waals surface area contributed by atoms with Gasteiger partial charge in [0, 0.05) is 13.7 Å². The number of ether oxygens (including phenoxy) is 1. The first-order chi connectivity index (χ1) is 4.43. The van der Waals surface area contributed by atoms with Gasteiger partial charge in [0.1, 0.15) is 0 Å². The number of aliphatic hydroxyl groups is 2. The van der Waals surface area contributed by atoms with Gasteiger partial charge in [-0.3, -0.25) is 0 Å². The predicted octanol–water partition coefficient (Wildman–Crippen LogP) is -0.234. The Hall–Kier alpha value is -0.120.